The molecule has 0 spiro atoms. The lowest BCUT2D eigenvalue weighted by Gasteiger charge is -2.20. The van der Waals surface area contributed by atoms with Crippen LogP contribution in [0.2, 0.25) is 0 Å². The van der Waals surface area contributed by atoms with Crippen LogP contribution in [0.5, 0.6) is 17.2 Å². The van der Waals surface area contributed by atoms with Crippen LogP contribution >= 0.6 is 0 Å². The van der Waals surface area contributed by atoms with E-state index < -0.39 is 10.0 Å². The topological polar surface area (TPSA) is 102 Å². The highest BCUT2D eigenvalue weighted by atomic mass is 32.2. The minimum absolute atomic E-state index is 0.283. The Labute approximate surface area is 168 Å². The van der Waals surface area contributed by atoms with E-state index in [2.05, 4.69) is 10.2 Å². The van der Waals surface area contributed by atoms with Gasteiger partial charge in [-0.1, -0.05) is 18.2 Å². The van der Waals surface area contributed by atoms with Gasteiger partial charge in [-0.15, -0.1) is 0 Å². The maximum Gasteiger partial charge on any atom is 0.270 e. The lowest BCUT2D eigenvalue weighted by atomic mass is 10.1. The molecule has 1 heterocycles. The molecule has 0 aliphatic carbocycles. The quantitative estimate of drug-likeness (QED) is 0.664. The average molecular weight is 415 g/mol. The van der Waals surface area contributed by atoms with Gasteiger partial charge in [0, 0.05) is 7.05 Å². The molecule has 3 rings (SSSR count). The molecule has 0 saturated heterocycles. The molecule has 152 valence electrons. The molecule has 0 unspecified atom stereocenters. The van der Waals surface area contributed by atoms with Crippen LogP contribution in [-0.4, -0.2) is 39.0 Å². The summed E-state index contributed by atoms with van der Waals surface area (Å²) in [6.45, 7) is 1.62. The molecule has 0 aliphatic rings. The zero-order valence-electron chi connectivity index (χ0n) is 16.5. The molecule has 0 aliphatic heterocycles. The third-order valence-electron chi connectivity index (χ3n) is 4.42. The van der Waals surface area contributed by atoms with Gasteiger partial charge >= 0.3 is 0 Å². The monoisotopic (exact) mass is 415 g/mol. The number of methoxy groups -OCH3 is 1. The van der Waals surface area contributed by atoms with Gasteiger partial charge in [0.25, 0.3) is 5.56 Å². The van der Waals surface area contributed by atoms with Gasteiger partial charge in [0.1, 0.15) is 17.2 Å². The molecule has 1 aromatic heterocycles. The average Bonchev–Trinajstić information content (AvgIpc) is 2.70. The number of nitrogens with one attached hydrogen (secondary N) is 1. The molecule has 3 aromatic rings. The molecule has 1 N–H and O–H groups in total. The summed E-state index contributed by atoms with van der Waals surface area (Å²) >= 11 is 0. The summed E-state index contributed by atoms with van der Waals surface area (Å²) in [4.78, 5) is 11.9. The van der Waals surface area contributed by atoms with Gasteiger partial charge in [-0.2, -0.15) is 5.10 Å². The van der Waals surface area contributed by atoms with E-state index in [0.29, 0.717) is 34.0 Å². The van der Waals surface area contributed by atoms with Gasteiger partial charge < -0.3 is 9.47 Å². The third-order valence-corrected chi connectivity index (χ3v) is 5.63. The van der Waals surface area contributed by atoms with Gasteiger partial charge in [0.05, 0.1) is 30.2 Å². The summed E-state index contributed by atoms with van der Waals surface area (Å²) in [6.07, 6.45) is 1.12. The van der Waals surface area contributed by atoms with E-state index in [-0.39, 0.29) is 11.3 Å². The summed E-state index contributed by atoms with van der Waals surface area (Å²) in [7, 11) is -0.579. The number of rotatable bonds is 6. The maximum absolute atomic E-state index is 12.0. The Hall–Kier alpha value is -3.33. The zero-order chi connectivity index (χ0) is 21.2. The minimum Gasteiger partial charge on any atom is -0.494 e. The summed E-state index contributed by atoms with van der Waals surface area (Å²) in [5, 5.41) is 6.57. The number of para-hydroxylation sites is 1. The molecule has 8 nitrogen and oxygen atoms in total. The summed E-state index contributed by atoms with van der Waals surface area (Å²) < 4.78 is 36.5. The van der Waals surface area contributed by atoms with Crippen LogP contribution in [0.4, 0.5) is 5.69 Å². The standard InChI is InChI=1S/C20H21N3O5S/c1-13-19(27-3)18(21-22-20(13)24)16-12-14(23(2)29(4,25)26)10-11-17(16)28-15-8-6-5-7-9-15/h5-12H,1-4H3,(H,22,24). The number of hydrogen-bond acceptors (Lipinski definition) is 6. The van der Waals surface area contributed by atoms with Gasteiger partial charge in [-0.05, 0) is 37.3 Å². The normalized spacial score (nSPS) is 11.2. The van der Waals surface area contributed by atoms with Crippen LogP contribution in [0, 0.1) is 6.92 Å². The number of hydrogen-bond donors (Lipinski definition) is 1. The molecule has 0 atom stereocenters. The van der Waals surface area contributed by atoms with Crippen molar-refractivity contribution in [3.8, 4) is 28.5 Å². The first-order valence-corrected chi connectivity index (χ1v) is 10.5. The molecule has 0 bridgehead atoms. The molecule has 0 amide bonds. The van der Waals surface area contributed by atoms with Crippen LogP contribution in [0.15, 0.2) is 53.3 Å². The van der Waals surface area contributed by atoms with Crippen LogP contribution < -0.4 is 19.3 Å². The van der Waals surface area contributed by atoms with E-state index in [0.717, 1.165) is 10.6 Å². The molecule has 0 radical (unpaired) electrons. The van der Waals surface area contributed by atoms with Gasteiger partial charge in [0.15, 0.2) is 5.75 Å². The van der Waals surface area contributed by atoms with Crippen molar-refractivity contribution in [1.82, 2.24) is 10.2 Å². The van der Waals surface area contributed by atoms with Gasteiger partial charge in [0.2, 0.25) is 10.0 Å². The first-order valence-electron chi connectivity index (χ1n) is 8.67. The smallest absolute Gasteiger partial charge is 0.270 e. The second-order valence-corrected chi connectivity index (χ2v) is 8.40. The van der Waals surface area contributed by atoms with Crippen molar-refractivity contribution in [2.75, 3.05) is 24.7 Å². The van der Waals surface area contributed by atoms with E-state index in [9.17, 15) is 13.2 Å². The molecule has 0 saturated carbocycles. The van der Waals surface area contributed by atoms with E-state index in [1.165, 1.54) is 14.2 Å². The lowest BCUT2D eigenvalue weighted by Crippen LogP contribution is -2.24. The van der Waals surface area contributed by atoms with Crippen molar-refractivity contribution in [3.05, 3.63) is 64.4 Å². The van der Waals surface area contributed by atoms with E-state index in [1.54, 1.807) is 37.3 Å². The highest BCUT2D eigenvalue weighted by molar-refractivity contribution is 7.92. The number of nitrogens with zero attached hydrogens (tertiary/aromatic N) is 2. The first kappa shape index (κ1) is 20.4. The van der Waals surface area contributed by atoms with Crippen molar-refractivity contribution >= 4 is 15.7 Å². The molecule has 9 heteroatoms. The Balaban J connectivity index is 2.23. The molecule has 29 heavy (non-hydrogen) atoms. The number of benzene rings is 2. The lowest BCUT2D eigenvalue weighted by molar-refractivity contribution is 0.409. The number of H-pyrrole nitrogens is 1. The second kappa shape index (κ2) is 7.96. The number of aromatic amines is 1. The first-order chi connectivity index (χ1) is 13.7. The number of anilines is 1. The minimum atomic E-state index is -3.47. The predicted molar refractivity (Wildman–Crippen MR) is 111 cm³/mol. The van der Waals surface area contributed by atoms with E-state index in [4.69, 9.17) is 9.47 Å². The Morgan fingerprint density at radius 1 is 1.10 bits per heavy atom. The van der Waals surface area contributed by atoms with Crippen molar-refractivity contribution in [2.24, 2.45) is 0 Å². The number of aromatic nitrogens is 2. The van der Waals surface area contributed by atoms with Crippen molar-refractivity contribution in [2.45, 2.75) is 6.92 Å². The highest BCUT2D eigenvalue weighted by Crippen LogP contribution is 2.39. The maximum atomic E-state index is 12.0. The van der Waals surface area contributed by atoms with Crippen molar-refractivity contribution in [1.29, 1.82) is 0 Å². The Bertz CT molecular complexity index is 1190. The van der Waals surface area contributed by atoms with E-state index >= 15 is 0 Å². The van der Waals surface area contributed by atoms with Crippen LogP contribution in [0.25, 0.3) is 11.3 Å². The fraction of sp³-hybridized carbons (Fsp3) is 0.200. The molecule has 0 fully saturated rings. The van der Waals surface area contributed by atoms with Gasteiger partial charge in [-0.25, -0.2) is 13.5 Å². The summed E-state index contributed by atoms with van der Waals surface area (Å²) in [6, 6.07) is 14.0. The SMILES string of the molecule is COc1c(-c2cc(N(C)S(C)(=O)=O)ccc2Oc2ccccc2)n[nH]c(=O)c1C. The van der Waals surface area contributed by atoms with Crippen molar-refractivity contribution < 1.29 is 17.9 Å². The largest absolute Gasteiger partial charge is 0.494 e. The summed E-state index contributed by atoms with van der Waals surface area (Å²) in [5.74, 6) is 1.31. The summed E-state index contributed by atoms with van der Waals surface area (Å²) in [5.41, 5.74) is 1.19. The second-order valence-electron chi connectivity index (χ2n) is 6.39. The Morgan fingerprint density at radius 2 is 1.79 bits per heavy atom. The van der Waals surface area contributed by atoms with Crippen LogP contribution in [0.1, 0.15) is 5.56 Å². The van der Waals surface area contributed by atoms with Crippen LogP contribution in [0.3, 0.4) is 0 Å². The Kier molecular flexibility index (Phi) is 5.60. The van der Waals surface area contributed by atoms with E-state index in [1.807, 2.05) is 18.2 Å². The molecular formula is C20H21N3O5S. The number of sulfonamides is 1. The third kappa shape index (κ3) is 4.24. The zero-order valence-corrected chi connectivity index (χ0v) is 17.3. The van der Waals surface area contributed by atoms with Gasteiger partial charge in [-0.3, -0.25) is 9.10 Å². The molecular weight excluding hydrogens is 394 g/mol. The van der Waals surface area contributed by atoms with Crippen LogP contribution in [-0.2, 0) is 10.0 Å². The highest BCUT2D eigenvalue weighted by Gasteiger charge is 2.21. The van der Waals surface area contributed by atoms with Crippen molar-refractivity contribution in [3.63, 3.8) is 0 Å². The predicted octanol–water partition coefficient (Wildman–Crippen LogP) is 2.94. The number of ether oxygens (including phenoxy) is 2. The fourth-order valence-electron chi connectivity index (χ4n) is 2.75. The Morgan fingerprint density at radius 3 is 2.41 bits per heavy atom. The molecule has 2 aromatic carbocycles. The fourth-order valence-corrected chi connectivity index (χ4v) is 3.25.